The Hall–Kier alpha value is -1.88. The third-order valence-electron chi connectivity index (χ3n) is 3.87. The van der Waals surface area contributed by atoms with Gasteiger partial charge in [0.1, 0.15) is 6.04 Å². The molecule has 0 bridgehead atoms. The average molecular weight is 363 g/mol. The van der Waals surface area contributed by atoms with E-state index in [1.807, 2.05) is 55.5 Å². The van der Waals surface area contributed by atoms with Crippen LogP contribution >= 0.6 is 23.2 Å². The van der Waals surface area contributed by atoms with Crippen molar-refractivity contribution in [2.75, 3.05) is 0 Å². The van der Waals surface area contributed by atoms with Crippen LogP contribution in [0.4, 0.5) is 0 Å². The molecule has 2 atom stereocenters. The minimum Gasteiger partial charge on any atom is -0.415 e. The van der Waals surface area contributed by atoms with Gasteiger partial charge < -0.3 is 9.73 Å². The van der Waals surface area contributed by atoms with Crippen LogP contribution in [0.5, 0.6) is 0 Å². The summed E-state index contributed by atoms with van der Waals surface area (Å²) in [6, 6.07) is 15.5. The van der Waals surface area contributed by atoms with Crippen molar-refractivity contribution in [1.29, 1.82) is 0 Å². The number of rotatable bonds is 5. The second-order valence-electron chi connectivity index (χ2n) is 5.78. The van der Waals surface area contributed by atoms with Gasteiger partial charge >= 0.3 is 0 Å². The van der Waals surface area contributed by atoms with Crippen molar-refractivity contribution in [3.8, 4) is 11.5 Å². The summed E-state index contributed by atoms with van der Waals surface area (Å²) in [6.45, 7) is 4.18. The zero-order valence-electron chi connectivity index (χ0n) is 13.4. The molecule has 2 N–H and O–H groups in total. The normalized spacial score (nSPS) is 13.7. The number of aromatic nitrogens is 2. The van der Waals surface area contributed by atoms with E-state index in [0.29, 0.717) is 16.8 Å². The third kappa shape index (κ3) is 3.96. The molecule has 3 aromatic rings. The van der Waals surface area contributed by atoms with Crippen LogP contribution in [0.2, 0.25) is 10.0 Å². The quantitative estimate of drug-likeness (QED) is 0.730. The summed E-state index contributed by atoms with van der Waals surface area (Å²) in [5, 5.41) is 11.9. The van der Waals surface area contributed by atoms with Crippen LogP contribution in [-0.4, -0.2) is 10.2 Å². The molecule has 0 saturated heterocycles. The Labute approximate surface area is 150 Å². The molecule has 24 heavy (non-hydrogen) atoms. The molecule has 6 heteroatoms. The lowest BCUT2D eigenvalue weighted by Crippen LogP contribution is -2.85. The minimum absolute atomic E-state index is 0.0381. The second-order valence-corrected chi connectivity index (χ2v) is 6.65. The molecular formula is C18H18Cl2N3O+. The molecule has 0 unspecified atom stereocenters. The maximum absolute atomic E-state index is 6.01. The SMILES string of the molecule is C[C@H]([NH2+][C@H](C)c1nnc(-c2cccc(Cl)c2)o1)c1ccc(Cl)cc1. The zero-order valence-corrected chi connectivity index (χ0v) is 14.9. The van der Waals surface area contributed by atoms with Gasteiger partial charge in [0, 0.05) is 21.2 Å². The van der Waals surface area contributed by atoms with E-state index in [9.17, 15) is 0 Å². The van der Waals surface area contributed by atoms with E-state index in [2.05, 4.69) is 22.4 Å². The average Bonchev–Trinajstić information content (AvgIpc) is 3.05. The maximum atomic E-state index is 6.01. The molecule has 2 aromatic carbocycles. The molecule has 1 aromatic heterocycles. The van der Waals surface area contributed by atoms with Crippen molar-refractivity contribution in [1.82, 2.24) is 10.2 Å². The summed E-state index contributed by atoms with van der Waals surface area (Å²) in [5.74, 6) is 1.07. The molecule has 0 aliphatic heterocycles. The highest BCUT2D eigenvalue weighted by Crippen LogP contribution is 2.23. The molecule has 0 radical (unpaired) electrons. The number of hydrogen-bond donors (Lipinski definition) is 1. The van der Waals surface area contributed by atoms with Crippen LogP contribution in [0.15, 0.2) is 52.9 Å². The van der Waals surface area contributed by atoms with E-state index in [4.69, 9.17) is 27.6 Å². The van der Waals surface area contributed by atoms with E-state index >= 15 is 0 Å². The molecule has 0 aliphatic carbocycles. The first-order valence-electron chi connectivity index (χ1n) is 7.72. The lowest BCUT2D eigenvalue weighted by atomic mass is 10.1. The summed E-state index contributed by atoms with van der Waals surface area (Å²) in [7, 11) is 0. The predicted molar refractivity (Wildman–Crippen MR) is 95.0 cm³/mol. The Kier molecular flexibility index (Phi) is 5.19. The molecular weight excluding hydrogens is 345 g/mol. The lowest BCUT2D eigenvalue weighted by Gasteiger charge is -2.14. The van der Waals surface area contributed by atoms with Gasteiger partial charge in [-0.1, -0.05) is 41.4 Å². The van der Waals surface area contributed by atoms with Gasteiger partial charge in [-0.15, -0.1) is 10.2 Å². The first kappa shape index (κ1) is 17.0. The Bertz CT molecular complexity index is 817. The van der Waals surface area contributed by atoms with Crippen molar-refractivity contribution in [2.24, 2.45) is 0 Å². The Balaban J connectivity index is 1.71. The van der Waals surface area contributed by atoms with Crippen molar-refractivity contribution < 1.29 is 9.73 Å². The zero-order chi connectivity index (χ0) is 17.1. The van der Waals surface area contributed by atoms with Gasteiger partial charge in [-0.25, -0.2) is 0 Å². The van der Waals surface area contributed by atoms with Gasteiger partial charge in [-0.3, -0.25) is 0 Å². The van der Waals surface area contributed by atoms with Crippen LogP contribution in [0, 0.1) is 0 Å². The van der Waals surface area contributed by atoms with Gasteiger partial charge in [0.2, 0.25) is 5.89 Å². The van der Waals surface area contributed by atoms with E-state index in [1.54, 1.807) is 0 Å². The lowest BCUT2D eigenvalue weighted by molar-refractivity contribution is -0.730. The van der Waals surface area contributed by atoms with Crippen LogP contribution in [0.25, 0.3) is 11.5 Å². The fourth-order valence-corrected chi connectivity index (χ4v) is 2.87. The number of halogens is 2. The minimum atomic E-state index is 0.0381. The van der Waals surface area contributed by atoms with Gasteiger partial charge in [0.05, 0.1) is 0 Å². The molecule has 0 aliphatic rings. The Morgan fingerprint density at radius 2 is 1.67 bits per heavy atom. The maximum Gasteiger partial charge on any atom is 0.274 e. The Morgan fingerprint density at radius 1 is 0.917 bits per heavy atom. The molecule has 3 rings (SSSR count). The smallest absolute Gasteiger partial charge is 0.274 e. The first-order valence-corrected chi connectivity index (χ1v) is 8.48. The number of hydrogen-bond acceptors (Lipinski definition) is 3. The molecule has 124 valence electrons. The van der Waals surface area contributed by atoms with Crippen molar-refractivity contribution >= 4 is 23.2 Å². The molecule has 0 saturated carbocycles. The van der Waals surface area contributed by atoms with Crippen LogP contribution in [-0.2, 0) is 0 Å². The number of quaternary nitrogens is 1. The summed E-state index contributed by atoms with van der Waals surface area (Å²) in [6.07, 6.45) is 0. The van der Waals surface area contributed by atoms with Crippen LogP contribution in [0.3, 0.4) is 0 Å². The summed E-state index contributed by atoms with van der Waals surface area (Å²) < 4.78 is 5.81. The second kappa shape index (κ2) is 7.34. The largest absolute Gasteiger partial charge is 0.415 e. The molecule has 4 nitrogen and oxygen atoms in total. The van der Waals surface area contributed by atoms with Crippen molar-refractivity contribution in [3.63, 3.8) is 0 Å². The number of nitrogens with two attached hydrogens (primary N) is 1. The number of benzene rings is 2. The van der Waals surface area contributed by atoms with Crippen LogP contribution < -0.4 is 5.32 Å². The molecule has 1 heterocycles. The first-order chi connectivity index (χ1) is 11.5. The van der Waals surface area contributed by atoms with Crippen LogP contribution in [0.1, 0.15) is 37.4 Å². The van der Waals surface area contributed by atoms with Crippen molar-refractivity contribution in [3.05, 3.63) is 70.0 Å². The van der Waals surface area contributed by atoms with Crippen molar-refractivity contribution in [2.45, 2.75) is 25.9 Å². The van der Waals surface area contributed by atoms with E-state index in [0.717, 1.165) is 10.6 Å². The molecule has 0 fully saturated rings. The highest BCUT2D eigenvalue weighted by Gasteiger charge is 2.21. The summed E-state index contributed by atoms with van der Waals surface area (Å²) >= 11 is 11.9. The van der Waals surface area contributed by atoms with Gasteiger partial charge in [-0.2, -0.15) is 0 Å². The third-order valence-corrected chi connectivity index (χ3v) is 4.36. The van der Waals surface area contributed by atoms with E-state index < -0.39 is 0 Å². The fourth-order valence-electron chi connectivity index (χ4n) is 2.55. The predicted octanol–water partition coefficient (Wildman–Crippen LogP) is 4.43. The monoisotopic (exact) mass is 362 g/mol. The van der Waals surface area contributed by atoms with E-state index in [-0.39, 0.29) is 12.1 Å². The van der Waals surface area contributed by atoms with Gasteiger partial charge in [-0.05, 0) is 44.2 Å². The number of nitrogens with zero attached hydrogens (tertiary/aromatic N) is 2. The van der Waals surface area contributed by atoms with E-state index in [1.165, 1.54) is 5.56 Å². The standard InChI is InChI=1S/C18H17Cl2N3O/c1-11(13-6-8-15(19)9-7-13)21-12(2)17-22-23-18(24-17)14-4-3-5-16(20)10-14/h3-12,21H,1-2H3/p+1/t11-,12+/m0/s1. The summed E-state index contributed by atoms with van der Waals surface area (Å²) in [4.78, 5) is 0. The Morgan fingerprint density at radius 3 is 2.38 bits per heavy atom. The van der Waals surface area contributed by atoms with Gasteiger partial charge in [0.25, 0.3) is 5.89 Å². The molecule has 0 amide bonds. The summed E-state index contributed by atoms with van der Waals surface area (Å²) in [5.41, 5.74) is 2.01. The highest BCUT2D eigenvalue weighted by atomic mass is 35.5. The highest BCUT2D eigenvalue weighted by molar-refractivity contribution is 6.31. The topological polar surface area (TPSA) is 55.5 Å². The molecule has 0 spiro atoms. The van der Waals surface area contributed by atoms with Gasteiger partial charge in [0.15, 0.2) is 6.04 Å². The fraction of sp³-hybridized carbons (Fsp3) is 0.222.